The van der Waals surface area contributed by atoms with Crippen molar-refractivity contribution in [2.45, 2.75) is 13.3 Å². The fraction of sp³-hybridized carbons (Fsp3) is 0.462. The van der Waals surface area contributed by atoms with E-state index in [-0.39, 0.29) is 5.91 Å². The summed E-state index contributed by atoms with van der Waals surface area (Å²) in [5.74, 6) is 0.805. The Morgan fingerprint density at radius 2 is 2.28 bits per heavy atom. The van der Waals surface area contributed by atoms with Crippen molar-refractivity contribution in [1.82, 2.24) is 5.32 Å². The maximum Gasteiger partial charge on any atom is 0.255 e. The molecule has 0 aliphatic rings. The molecular formula is C13H17BrClNO2. The molecule has 5 heteroatoms. The molecule has 1 rings (SSSR count). The average molecular weight is 335 g/mol. The quantitative estimate of drug-likeness (QED) is 0.809. The van der Waals surface area contributed by atoms with Crippen LogP contribution in [0.3, 0.4) is 0 Å². The summed E-state index contributed by atoms with van der Waals surface area (Å²) in [6.45, 7) is 2.73. The second-order valence-electron chi connectivity index (χ2n) is 4.14. The molecule has 1 amide bonds. The third-order valence-corrected chi connectivity index (χ3v) is 3.31. The SMILES string of the molecule is COc1ccc(Cl)cc1C(=O)NCC(C)CCBr. The molecule has 0 aliphatic carbocycles. The minimum atomic E-state index is -0.157. The number of carbonyl (C=O) groups is 1. The van der Waals surface area contributed by atoms with Gasteiger partial charge in [-0.1, -0.05) is 34.5 Å². The van der Waals surface area contributed by atoms with Gasteiger partial charge in [-0.25, -0.2) is 0 Å². The summed E-state index contributed by atoms with van der Waals surface area (Å²) in [4.78, 5) is 12.0. The van der Waals surface area contributed by atoms with Crippen LogP contribution in [0.4, 0.5) is 0 Å². The van der Waals surface area contributed by atoms with Crippen LogP contribution in [0.5, 0.6) is 5.75 Å². The lowest BCUT2D eigenvalue weighted by Crippen LogP contribution is -2.28. The van der Waals surface area contributed by atoms with Gasteiger partial charge in [-0.15, -0.1) is 0 Å². The topological polar surface area (TPSA) is 38.3 Å². The standard InChI is InChI=1S/C13H17BrClNO2/c1-9(5-6-14)8-16-13(17)11-7-10(15)3-4-12(11)18-2/h3-4,7,9H,5-6,8H2,1-2H3,(H,16,17). The summed E-state index contributed by atoms with van der Waals surface area (Å²) in [7, 11) is 1.54. The van der Waals surface area contributed by atoms with E-state index in [9.17, 15) is 4.79 Å². The zero-order valence-electron chi connectivity index (χ0n) is 10.5. The monoisotopic (exact) mass is 333 g/mol. The molecule has 1 aromatic rings. The maximum absolute atomic E-state index is 12.0. The van der Waals surface area contributed by atoms with Crippen LogP contribution >= 0.6 is 27.5 Å². The number of hydrogen-bond donors (Lipinski definition) is 1. The summed E-state index contributed by atoms with van der Waals surface area (Å²) in [6.07, 6.45) is 1.02. The van der Waals surface area contributed by atoms with E-state index in [1.54, 1.807) is 18.2 Å². The van der Waals surface area contributed by atoms with E-state index in [0.29, 0.717) is 28.8 Å². The van der Waals surface area contributed by atoms with Gasteiger partial charge in [-0.2, -0.15) is 0 Å². The Balaban J connectivity index is 2.68. The molecule has 1 unspecified atom stereocenters. The number of halogens is 2. The molecule has 0 fully saturated rings. The fourth-order valence-electron chi connectivity index (χ4n) is 1.51. The molecule has 0 saturated carbocycles. The molecule has 0 aromatic heterocycles. The van der Waals surface area contributed by atoms with Crippen LogP contribution in [-0.2, 0) is 0 Å². The summed E-state index contributed by atoms with van der Waals surface area (Å²) in [6, 6.07) is 5.01. The predicted molar refractivity (Wildman–Crippen MR) is 77.9 cm³/mol. The molecule has 0 heterocycles. The molecule has 0 spiro atoms. The number of hydrogen-bond acceptors (Lipinski definition) is 2. The highest BCUT2D eigenvalue weighted by Crippen LogP contribution is 2.22. The van der Waals surface area contributed by atoms with Crippen LogP contribution < -0.4 is 10.1 Å². The van der Waals surface area contributed by atoms with Crippen molar-refractivity contribution in [3.8, 4) is 5.75 Å². The smallest absolute Gasteiger partial charge is 0.255 e. The molecule has 1 N–H and O–H groups in total. The normalized spacial score (nSPS) is 12.0. The van der Waals surface area contributed by atoms with Crippen LogP contribution in [0.2, 0.25) is 5.02 Å². The number of carbonyl (C=O) groups excluding carboxylic acids is 1. The largest absolute Gasteiger partial charge is 0.496 e. The van der Waals surface area contributed by atoms with E-state index in [1.807, 2.05) is 0 Å². The zero-order valence-corrected chi connectivity index (χ0v) is 12.8. The number of rotatable bonds is 6. The van der Waals surface area contributed by atoms with E-state index in [0.717, 1.165) is 11.8 Å². The summed E-state index contributed by atoms with van der Waals surface area (Å²) < 4.78 is 5.15. The van der Waals surface area contributed by atoms with Gasteiger partial charge < -0.3 is 10.1 Å². The first-order valence-electron chi connectivity index (χ1n) is 5.76. The molecule has 0 aliphatic heterocycles. The Morgan fingerprint density at radius 3 is 2.89 bits per heavy atom. The third-order valence-electron chi connectivity index (χ3n) is 2.62. The van der Waals surface area contributed by atoms with Crippen LogP contribution in [0.1, 0.15) is 23.7 Å². The Hall–Kier alpha value is -0.740. The van der Waals surface area contributed by atoms with Crippen molar-refractivity contribution >= 4 is 33.4 Å². The van der Waals surface area contributed by atoms with Gasteiger partial charge in [-0.3, -0.25) is 4.79 Å². The first-order valence-corrected chi connectivity index (χ1v) is 7.26. The minimum Gasteiger partial charge on any atom is -0.496 e. The van der Waals surface area contributed by atoms with Gasteiger partial charge in [0, 0.05) is 16.9 Å². The van der Waals surface area contributed by atoms with Crippen LogP contribution in [0, 0.1) is 5.92 Å². The lowest BCUT2D eigenvalue weighted by molar-refractivity contribution is 0.0945. The maximum atomic E-state index is 12.0. The molecule has 0 radical (unpaired) electrons. The Labute approximate surface area is 121 Å². The van der Waals surface area contributed by atoms with Crippen LogP contribution in [0.25, 0.3) is 0 Å². The second kappa shape index (κ2) is 7.64. The number of nitrogens with one attached hydrogen (secondary N) is 1. The van der Waals surface area contributed by atoms with Gasteiger partial charge in [0.2, 0.25) is 0 Å². The molecule has 1 atom stereocenters. The first-order chi connectivity index (χ1) is 8.58. The van der Waals surface area contributed by atoms with Crippen molar-refractivity contribution in [2.75, 3.05) is 19.0 Å². The van der Waals surface area contributed by atoms with Gasteiger partial charge in [0.1, 0.15) is 5.75 Å². The van der Waals surface area contributed by atoms with Crippen molar-refractivity contribution in [3.63, 3.8) is 0 Å². The van der Waals surface area contributed by atoms with Gasteiger partial charge in [0.25, 0.3) is 5.91 Å². The van der Waals surface area contributed by atoms with Crippen molar-refractivity contribution in [2.24, 2.45) is 5.92 Å². The summed E-state index contributed by atoms with van der Waals surface area (Å²) in [5.41, 5.74) is 0.469. The van der Waals surface area contributed by atoms with E-state index in [4.69, 9.17) is 16.3 Å². The Morgan fingerprint density at radius 1 is 1.56 bits per heavy atom. The van der Waals surface area contributed by atoms with Gasteiger partial charge in [-0.05, 0) is 30.5 Å². The van der Waals surface area contributed by atoms with E-state index in [2.05, 4.69) is 28.2 Å². The lowest BCUT2D eigenvalue weighted by Gasteiger charge is -2.13. The van der Waals surface area contributed by atoms with Gasteiger partial charge in [0.15, 0.2) is 0 Å². The Kier molecular flexibility index (Phi) is 6.50. The molecule has 3 nitrogen and oxygen atoms in total. The number of ether oxygens (including phenoxy) is 1. The second-order valence-corrected chi connectivity index (χ2v) is 5.37. The van der Waals surface area contributed by atoms with E-state index in [1.165, 1.54) is 7.11 Å². The lowest BCUT2D eigenvalue weighted by atomic mass is 10.1. The number of alkyl halides is 1. The minimum absolute atomic E-state index is 0.157. The first kappa shape index (κ1) is 15.3. The van der Waals surface area contributed by atoms with E-state index >= 15 is 0 Å². The van der Waals surface area contributed by atoms with Crippen LogP contribution in [0.15, 0.2) is 18.2 Å². The highest BCUT2D eigenvalue weighted by Gasteiger charge is 2.13. The highest BCUT2D eigenvalue weighted by atomic mass is 79.9. The fourth-order valence-corrected chi connectivity index (χ4v) is 2.46. The molecular weight excluding hydrogens is 318 g/mol. The van der Waals surface area contributed by atoms with Gasteiger partial charge in [0.05, 0.1) is 12.7 Å². The summed E-state index contributed by atoms with van der Waals surface area (Å²) in [5, 5.41) is 4.34. The number of amides is 1. The zero-order chi connectivity index (χ0) is 13.5. The van der Waals surface area contributed by atoms with Crippen molar-refractivity contribution in [1.29, 1.82) is 0 Å². The number of methoxy groups -OCH3 is 1. The molecule has 18 heavy (non-hydrogen) atoms. The highest BCUT2D eigenvalue weighted by molar-refractivity contribution is 9.09. The van der Waals surface area contributed by atoms with Crippen LogP contribution in [-0.4, -0.2) is 24.9 Å². The Bertz CT molecular complexity index is 412. The molecule has 0 saturated heterocycles. The molecule has 100 valence electrons. The van der Waals surface area contributed by atoms with Gasteiger partial charge >= 0.3 is 0 Å². The van der Waals surface area contributed by atoms with Crippen molar-refractivity contribution in [3.05, 3.63) is 28.8 Å². The third kappa shape index (κ3) is 4.50. The number of benzene rings is 1. The summed E-state index contributed by atoms with van der Waals surface area (Å²) >= 11 is 9.27. The average Bonchev–Trinajstić information content (AvgIpc) is 2.36. The van der Waals surface area contributed by atoms with Crippen molar-refractivity contribution < 1.29 is 9.53 Å². The molecule has 0 bridgehead atoms. The van der Waals surface area contributed by atoms with E-state index < -0.39 is 0 Å². The molecule has 1 aromatic carbocycles. The predicted octanol–water partition coefficient (Wildman–Crippen LogP) is 3.50.